The highest BCUT2D eigenvalue weighted by molar-refractivity contribution is 5.85. The van der Waals surface area contributed by atoms with Gasteiger partial charge in [0.25, 0.3) is 0 Å². The third-order valence-corrected chi connectivity index (χ3v) is 1.52. The fourth-order valence-corrected chi connectivity index (χ4v) is 0.912. The monoisotopic (exact) mass is 128 g/mol. The molecule has 0 N–H and O–H groups in total. The zero-order valence-electron chi connectivity index (χ0n) is 5.89. The Morgan fingerprint density at radius 2 is 2.22 bits per heavy atom. The van der Waals surface area contributed by atoms with Gasteiger partial charge < -0.3 is 4.74 Å². The lowest BCUT2D eigenvalue weighted by Crippen LogP contribution is -2.07. The van der Waals surface area contributed by atoms with Crippen LogP contribution in [0, 0.1) is 0 Å². The summed E-state index contributed by atoms with van der Waals surface area (Å²) in [5.41, 5.74) is 0. The molecule has 1 heterocycles. The molecule has 2 nitrogen and oxygen atoms in total. The van der Waals surface area contributed by atoms with Crippen LogP contribution in [0.3, 0.4) is 0 Å². The molecule has 1 aliphatic rings. The van der Waals surface area contributed by atoms with Crippen LogP contribution in [0.2, 0.25) is 0 Å². The standard InChI is InChI=1S/C7H12O2/c1-3-4-6(8)7-5(2)9-7/h5,7H,3-4H2,1-2H3. The van der Waals surface area contributed by atoms with Crippen LogP contribution in [0.1, 0.15) is 26.7 Å². The molecule has 1 saturated heterocycles. The number of ketones is 1. The largest absolute Gasteiger partial charge is 0.362 e. The summed E-state index contributed by atoms with van der Waals surface area (Å²) in [5.74, 6) is 0.269. The number of ether oxygens (including phenoxy) is 1. The summed E-state index contributed by atoms with van der Waals surface area (Å²) in [4.78, 5) is 10.9. The van der Waals surface area contributed by atoms with Crippen LogP contribution < -0.4 is 0 Å². The minimum atomic E-state index is -0.0510. The molecule has 0 amide bonds. The average Bonchev–Trinajstić information content (AvgIpc) is 2.47. The molecule has 2 unspecified atom stereocenters. The van der Waals surface area contributed by atoms with Crippen LogP contribution in [0.4, 0.5) is 0 Å². The van der Waals surface area contributed by atoms with E-state index in [-0.39, 0.29) is 18.0 Å². The van der Waals surface area contributed by atoms with Crippen LogP contribution in [0.25, 0.3) is 0 Å². The van der Waals surface area contributed by atoms with Crippen molar-refractivity contribution < 1.29 is 9.53 Å². The summed E-state index contributed by atoms with van der Waals surface area (Å²) in [6, 6.07) is 0. The molecule has 9 heavy (non-hydrogen) atoms. The van der Waals surface area contributed by atoms with Crippen LogP contribution in [-0.2, 0) is 9.53 Å². The minimum Gasteiger partial charge on any atom is -0.362 e. The van der Waals surface area contributed by atoms with Crippen LogP contribution in [0.15, 0.2) is 0 Å². The molecule has 0 spiro atoms. The van der Waals surface area contributed by atoms with E-state index < -0.39 is 0 Å². The molecule has 52 valence electrons. The quantitative estimate of drug-likeness (QED) is 0.533. The van der Waals surface area contributed by atoms with Gasteiger partial charge in [-0.1, -0.05) is 6.92 Å². The van der Waals surface area contributed by atoms with Gasteiger partial charge >= 0.3 is 0 Å². The van der Waals surface area contributed by atoms with E-state index in [2.05, 4.69) is 0 Å². The van der Waals surface area contributed by atoms with Gasteiger partial charge in [0.2, 0.25) is 0 Å². The average molecular weight is 128 g/mol. The van der Waals surface area contributed by atoms with Gasteiger partial charge in [-0.15, -0.1) is 0 Å². The molecular formula is C7H12O2. The van der Waals surface area contributed by atoms with Gasteiger partial charge in [-0.25, -0.2) is 0 Å². The fourth-order valence-electron chi connectivity index (χ4n) is 0.912. The summed E-state index contributed by atoms with van der Waals surface area (Å²) in [6.45, 7) is 3.93. The maximum absolute atomic E-state index is 10.9. The number of epoxide rings is 1. The Balaban J connectivity index is 2.20. The first-order chi connectivity index (χ1) is 4.25. The summed E-state index contributed by atoms with van der Waals surface area (Å²) >= 11 is 0. The van der Waals surface area contributed by atoms with E-state index >= 15 is 0 Å². The second kappa shape index (κ2) is 2.48. The Morgan fingerprint density at radius 1 is 1.67 bits per heavy atom. The number of rotatable bonds is 3. The molecule has 0 bridgehead atoms. The van der Waals surface area contributed by atoms with Crippen molar-refractivity contribution in [2.45, 2.75) is 38.9 Å². The van der Waals surface area contributed by atoms with E-state index in [1.165, 1.54) is 0 Å². The van der Waals surface area contributed by atoms with E-state index in [0.29, 0.717) is 6.42 Å². The SMILES string of the molecule is CCCC(=O)C1OC1C. The highest BCUT2D eigenvalue weighted by Gasteiger charge is 2.39. The van der Waals surface area contributed by atoms with Crippen molar-refractivity contribution >= 4 is 5.78 Å². The topological polar surface area (TPSA) is 29.6 Å². The predicted octanol–water partition coefficient (Wildman–Crippen LogP) is 1.14. The molecule has 0 aliphatic carbocycles. The molecule has 0 aromatic rings. The number of hydrogen-bond acceptors (Lipinski definition) is 2. The third kappa shape index (κ3) is 1.52. The molecule has 0 aromatic carbocycles. The maximum atomic E-state index is 10.9. The van der Waals surface area contributed by atoms with E-state index in [9.17, 15) is 4.79 Å². The summed E-state index contributed by atoms with van der Waals surface area (Å²) < 4.78 is 4.98. The second-order valence-electron chi connectivity index (χ2n) is 2.48. The number of hydrogen-bond donors (Lipinski definition) is 0. The first-order valence-electron chi connectivity index (χ1n) is 3.44. The molecule has 1 fully saturated rings. The molecule has 0 radical (unpaired) electrons. The van der Waals surface area contributed by atoms with Crippen molar-refractivity contribution in [1.29, 1.82) is 0 Å². The molecular weight excluding hydrogens is 116 g/mol. The van der Waals surface area contributed by atoms with Gasteiger partial charge in [0, 0.05) is 6.42 Å². The predicted molar refractivity (Wildman–Crippen MR) is 34.2 cm³/mol. The van der Waals surface area contributed by atoms with Crippen molar-refractivity contribution in [2.24, 2.45) is 0 Å². The van der Waals surface area contributed by atoms with Crippen LogP contribution >= 0.6 is 0 Å². The smallest absolute Gasteiger partial charge is 0.164 e. The van der Waals surface area contributed by atoms with E-state index in [1.807, 2.05) is 13.8 Å². The maximum Gasteiger partial charge on any atom is 0.164 e. The highest BCUT2D eigenvalue weighted by atomic mass is 16.6. The molecule has 2 atom stereocenters. The Bertz CT molecular complexity index is 120. The second-order valence-corrected chi connectivity index (χ2v) is 2.48. The molecule has 0 saturated carbocycles. The van der Waals surface area contributed by atoms with Gasteiger partial charge in [-0.2, -0.15) is 0 Å². The Kier molecular flexibility index (Phi) is 1.86. The Hall–Kier alpha value is -0.370. The van der Waals surface area contributed by atoms with Gasteiger partial charge in [-0.3, -0.25) is 4.79 Å². The van der Waals surface area contributed by atoms with Gasteiger partial charge in [0.15, 0.2) is 5.78 Å². The number of Topliss-reactive ketones (excluding diaryl/α,β-unsaturated/α-hetero) is 1. The lowest BCUT2D eigenvalue weighted by atomic mass is 10.1. The van der Waals surface area contributed by atoms with Crippen molar-refractivity contribution in [1.82, 2.24) is 0 Å². The van der Waals surface area contributed by atoms with Gasteiger partial charge in [-0.05, 0) is 13.3 Å². The number of carbonyl (C=O) groups excluding carboxylic acids is 1. The number of carbonyl (C=O) groups is 1. The zero-order chi connectivity index (χ0) is 6.85. The molecule has 2 heteroatoms. The lowest BCUT2D eigenvalue weighted by Gasteiger charge is -1.88. The minimum absolute atomic E-state index is 0.0510. The molecule has 1 aliphatic heterocycles. The van der Waals surface area contributed by atoms with Crippen LogP contribution in [0.5, 0.6) is 0 Å². The first kappa shape index (κ1) is 6.75. The molecule has 0 aromatic heterocycles. The molecule has 1 rings (SSSR count). The summed E-state index contributed by atoms with van der Waals surface area (Å²) in [6.07, 6.45) is 1.76. The van der Waals surface area contributed by atoms with E-state index in [0.717, 1.165) is 6.42 Å². The fraction of sp³-hybridized carbons (Fsp3) is 0.857. The Labute approximate surface area is 55.2 Å². The third-order valence-electron chi connectivity index (χ3n) is 1.52. The van der Waals surface area contributed by atoms with Crippen molar-refractivity contribution in [2.75, 3.05) is 0 Å². The van der Waals surface area contributed by atoms with Gasteiger partial charge in [0.05, 0.1) is 6.10 Å². The normalized spacial score (nSPS) is 32.2. The van der Waals surface area contributed by atoms with Crippen molar-refractivity contribution in [3.63, 3.8) is 0 Å². The van der Waals surface area contributed by atoms with Crippen molar-refractivity contribution in [3.8, 4) is 0 Å². The summed E-state index contributed by atoms with van der Waals surface area (Å²) in [7, 11) is 0. The van der Waals surface area contributed by atoms with E-state index in [4.69, 9.17) is 4.74 Å². The van der Waals surface area contributed by atoms with Gasteiger partial charge in [0.1, 0.15) is 6.10 Å². The zero-order valence-corrected chi connectivity index (χ0v) is 5.89. The van der Waals surface area contributed by atoms with Crippen molar-refractivity contribution in [3.05, 3.63) is 0 Å². The Morgan fingerprint density at radius 3 is 2.56 bits per heavy atom. The first-order valence-corrected chi connectivity index (χ1v) is 3.44. The van der Waals surface area contributed by atoms with E-state index in [1.54, 1.807) is 0 Å². The summed E-state index contributed by atoms with van der Waals surface area (Å²) in [5, 5.41) is 0. The lowest BCUT2D eigenvalue weighted by molar-refractivity contribution is -0.120. The van der Waals surface area contributed by atoms with Crippen LogP contribution in [-0.4, -0.2) is 18.0 Å². The highest BCUT2D eigenvalue weighted by Crippen LogP contribution is 2.23.